The van der Waals surface area contributed by atoms with Gasteiger partial charge in [0.15, 0.2) is 0 Å². The first-order chi connectivity index (χ1) is 9.51. The molecule has 0 bridgehead atoms. The van der Waals surface area contributed by atoms with Gasteiger partial charge in [0.05, 0.1) is 5.69 Å². The fraction of sp³-hybridized carbons (Fsp3) is 0.571. The van der Waals surface area contributed by atoms with Crippen LogP contribution >= 0.6 is 0 Å². The Morgan fingerprint density at radius 1 is 1.35 bits per heavy atom. The van der Waals surface area contributed by atoms with Gasteiger partial charge in [-0.3, -0.25) is 9.59 Å². The van der Waals surface area contributed by atoms with Crippen LogP contribution in [-0.4, -0.2) is 34.4 Å². The third-order valence-electron chi connectivity index (χ3n) is 3.87. The first kappa shape index (κ1) is 14.4. The van der Waals surface area contributed by atoms with E-state index in [1.54, 1.807) is 12.3 Å². The normalized spacial score (nSPS) is 16.4. The molecule has 0 aromatic carbocycles. The monoisotopic (exact) mass is 278 g/mol. The number of nitrogen functional groups attached to an aromatic ring is 1. The van der Waals surface area contributed by atoms with Crippen molar-refractivity contribution < 1.29 is 9.59 Å². The highest BCUT2D eigenvalue weighted by molar-refractivity contribution is 5.94. The fourth-order valence-electron chi connectivity index (χ4n) is 2.76. The molecule has 0 unspecified atom stereocenters. The van der Waals surface area contributed by atoms with Crippen molar-refractivity contribution in [1.82, 2.24) is 9.47 Å². The molecule has 1 aliphatic rings. The molecule has 1 aliphatic heterocycles. The lowest BCUT2D eigenvalue weighted by molar-refractivity contribution is -0.119. The summed E-state index contributed by atoms with van der Waals surface area (Å²) in [5.41, 5.74) is 12.2. The minimum absolute atomic E-state index is 0.0149. The molecule has 0 spiro atoms. The maximum absolute atomic E-state index is 12.5. The average molecular weight is 278 g/mol. The number of carbonyl (C=O) groups excluding carboxylic acids is 2. The molecule has 6 nitrogen and oxygen atoms in total. The van der Waals surface area contributed by atoms with Crippen molar-refractivity contribution in [3.8, 4) is 0 Å². The van der Waals surface area contributed by atoms with Crippen LogP contribution in [0.3, 0.4) is 0 Å². The van der Waals surface area contributed by atoms with Gasteiger partial charge in [-0.05, 0) is 31.7 Å². The van der Waals surface area contributed by atoms with E-state index in [9.17, 15) is 9.59 Å². The second kappa shape index (κ2) is 5.98. The predicted molar refractivity (Wildman–Crippen MR) is 77.0 cm³/mol. The molecule has 4 N–H and O–H groups in total. The number of aryl methyl sites for hydroxylation is 1. The molecule has 110 valence electrons. The summed E-state index contributed by atoms with van der Waals surface area (Å²) in [5.74, 6) is 0.0584. The molecule has 0 aliphatic carbocycles. The van der Waals surface area contributed by atoms with E-state index in [0.29, 0.717) is 36.8 Å². The number of amides is 2. The van der Waals surface area contributed by atoms with E-state index in [0.717, 1.165) is 19.4 Å². The summed E-state index contributed by atoms with van der Waals surface area (Å²) in [6.07, 6.45) is 3.86. The zero-order chi connectivity index (χ0) is 14.7. The number of piperidine rings is 1. The molecular formula is C14H22N4O2. The highest BCUT2D eigenvalue weighted by Crippen LogP contribution is 2.22. The van der Waals surface area contributed by atoms with E-state index in [-0.39, 0.29) is 11.8 Å². The second-order valence-corrected chi connectivity index (χ2v) is 5.35. The highest BCUT2D eigenvalue weighted by atomic mass is 16.2. The van der Waals surface area contributed by atoms with Crippen LogP contribution in [0.4, 0.5) is 5.69 Å². The predicted octanol–water partition coefficient (Wildman–Crippen LogP) is 0.818. The number of primary amides is 1. The molecule has 0 atom stereocenters. The van der Waals surface area contributed by atoms with Crippen molar-refractivity contribution in [1.29, 1.82) is 0 Å². The highest BCUT2D eigenvalue weighted by Gasteiger charge is 2.26. The number of anilines is 1. The van der Waals surface area contributed by atoms with Gasteiger partial charge >= 0.3 is 0 Å². The van der Waals surface area contributed by atoms with Gasteiger partial charge < -0.3 is 20.9 Å². The SMILES string of the molecule is CCn1cc(N)cc1C(=O)N1CCC(CC(N)=O)CC1. The summed E-state index contributed by atoms with van der Waals surface area (Å²) >= 11 is 0. The van der Waals surface area contributed by atoms with Crippen LogP contribution < -0.4 is 11.5 Å². The van der Waals surface area contributed by atoms with Crippen molar-refractivity contribution in [2.24, 2.45) is 11.7 Å². The average Bonchev–Trinajstić information content (AvgIpc) is 2.79. The van der Waals surface area contributed by atoms with Crippen LogP contribution in [0, 0.1) is 5.92 Å². The van der Waals surface area contributed by atoms with Crippen LogP contribution in [-0.2, 0) is 11.3 Å². The summed E-state index contributed by atoms with van der Waals surface area (Å²) in [6, 6.07) is 1.72. The lowest BCUT2D eigenvalue weighted by Gasteiger charge is -2.31. The number of carbonyl (C=O) groups is 2. The Labute approximate surface area is 118 Å². The third kappa shape index (κ3) is 3.12. The number of rotatable bonds is 4. The number of nitrogens with zero attached hydrogens (tertiary/aromatic N) is 2. The van der Waals surface area contributed by atoms with Gasteiger partial charge in [-0.1, -0.05) is 0 Å². The van der Waals surface area contributed by atoms with Gasteiger partial charge in [-0.25, -0.2) is 0 Å². The zero-order valence-corrected chi connectivity index (χ0v) is 11.8. The molecule has 2 heterocycles. The summed E-state index contributed by atoms with van der Waals surface area (Å²) in [7, 11) is 0. The van der Waals surface area contributed by atoms with Crippen LogP contribution in [0.25, 0.3) is 0 Å². The Kier molecular flexibility index (Phi) is 4.32. The third-order valence-corrected chi connectivity index (χ3v) is 3.87. The minimum Gasteiger partial charge on any atom is -0.397 e. The van der Waals surface area contributed by atoms with E-state index in [1.165, 1.54) is 0 Å². The molecule has 1 aromatic rings. The van der Waals surface area contributed by atoms with Crippen LogP contribution in [0.15, 0.2) is 12.3 Å². The second-order valence-electron chi connectivity index (χ2n) is 5.35. The first-order valence-electron chi connectivity index (χ1n) is 7.04. The number of hydrogen-bond donors (Lipinski definition) is 2. The standard InChI is InChI=1S/C14H22N4O2/c1-2-17-9-11(15)8-12(17)14(20)18-5-3-10(4-6-18)7-13(16)19/h8-10H,2-7,15H2,1H3,(H2,16,19). The molecule has 20 heavy (non-hydrogen) atoms. The Morgan fingerprint density at radius 3 is 2.55 bits per heavy atom. The van der Waals surface area contributed by atoms with Gasteiger partial charge in [0, 0.05) is 32.3 Å². The maximum Gasteiger partial charge on any atom is 0.270 e. The molecule has 1 fully saturated rings. The topological polar surface area (TPSA) is 94.3 Å². The van der Waals surface area contributed by atoms with Gasteiger partial charge in [0.2, 0.25) is 5.91 Å². The Balaban J connectivity index is 1.99. The number of nitrogens with two attached hydrogens (primary N) is 2. The lowest BCUT2D eigenvalue weighted by Crippen LogP contribution is -2.40. The van der Waals surface area contributed by atoms with Crippen molar-refractivity contribution in [3.63, 3.8) is 0 Å². The zero-order valence-electron chi connectivity index (χ0n) is 11.8. The van der Waals surface area contributed by atoms with Crippen LogP contribution in [0.1, 0.15) is 36.7 Å². The Morgan fingerprint density at radius 2 is 2.00 bits per heavy atom. The Bertz CT molecular complexity index is 501. The molecule has 0 radical (unpaired) electrons. The van der Waals surface area contributed by atoms with Gasteiger partial charge in [-0.2, -0.15) is 0 Å². The quantitative estimate of drug-likeness (QED) is 0.853. The molecule has 2 amide bonds. The number of hydrogen-bond acceptors (Lipinski definition) is 3. The molecule has 2 rings (SSSR count). The molecule has 1 aromatic heterocycles. The summed E-state index contributed by atoms with van der Waals surface area (Å²) in [6.45, 7) is 4.04. The van der Waals surface area contributed by atoms with Crippen molar-refractivity contribution in [2.75, 3.05) is 18.8 Å². The fourth-order valence-corrected chi connectivity index (χ4v) is 2.76. The van der Waals surface area contributed by atoms with E-state index >= 15 is 0 Å². The van der Waals surface area contributed by atoms with E-state index < -0.39 is 0 Å². The summed E-state index contributed by atoms with van der Waals surface area (Å²) in [5, 5.41) is 0. The van der Waals surface area contributed by atoms with Gasteiger partial charge in [-0.15, -0.1) is 0 Å². The van der Waals surface area contributed by atoms with Crippen LogP contribution in [0.2, 0.25) is 0 Å². The van der Waals surface area contributed by atoms with E-state index in [2.05, 4.69) is 0 Å². The lowest BCUT2D eigenvalue weighted by atomic mass is 9.93. The smallest absolute Gasteiger partial charge is 0.270 e. The number of likely N-dealkylation sites (tertiary alicyclic amines) is 1. The summed E-state index contributed by atoms with van der Waals surface area (Å²) in [4.78, 5) is 25.2. The molecule has 0 saturated carbocycles. The minimum atomic E-state index is -0.262. The van der Waals surface area contributed by atoms with Gasteiger partial charge in [0.25, 0.3) is 5.91 Å². The summed E-state index contributed by atoms with van der Waals surface area (Å²) < 4.78 is 1.87. The molecule has 1 saturated heterocycles. The van der Waals surface area contributed by atoms with Crippen molar-refractivity contribution >= 4 is 17.5 Å². The largest absolute Gasteiger partial charge is 0.397 e. The molecular weight excluding hydrogens is 256 g/mol. The Hall–Kier alpha value is -1.98. The van der Waals surface area contributed by atoms with Crippen molar-refractivity contribution in [2.45, 2.75) is 32.7 Å². The first-order valence-corrected chi connectivity index (χ1v) is 7.04. The number of aromatic nitrogens is 1. The van der Waals surface area contributed by atoms with E-state index in [1.807, 2.05) is 16.4 Å². The maximum atomic E-state index is 12.5. The van der Waals surface area contributed by atoms with Gasteiger partial charge in [0.1, 0.15) is 5.69 Å². The molecule has 6 heteroatoms. The van der Waals surface area contributed by atoms with Crippen molar-refractivity contribution in [3.05, 3.63) is 18.0 Å². The van der Waals surface area contributed by atoms with Crippen LogP contribution in [0.5, 0.6) is 0 Å². The van der Waals surface area contributed by atoms with E-state index in [4.69, 9.17) is 11.5 Å².